The zero-order chi connectivity index (χ0) is 15.3. The van der Waals surface area contributed by atoms with Gasteiger partial charge in [-0.2, -0.15) is 0 Å². The standard InChI is InChI=1S/C20H39Br/c1-3-5-7-9-11-12-14-18-16-17-20(21)19(18)15-13-10-8-6-4-2/h18-20H,3-17H2,1-2H3/t18-,19+,20?/m0/s1. The zero-order valence-electron chi connectivity index (χ0n) is 14.7. The van der Waals surface area contributed by atoms with E-state index in [4.69, 9.17) is 0 Å². The zero-order valence-corrected chi connectivity index (χ0v) is 16.3. The monoisotopic (exact) mass is 358 g/mol. The fourth-order valence-electron chi connectivity index (χ4n) is 4.04. The molecule has 1 aliphatic carbocycles. The van der Waals surface area contributed by atoms with Crippen molar-refractivity contribution in [2.45, 2.75) is 115 Å². The molecule has 0 heterocycles. The summed E-state index contributed by atoms with van der Waals surface area (Å²) in [6.45, 7) is 4.61. The lowest BCUT2D eigenvalue weighted by Crippen LogP contribution is -2.15. The van der Waals surface area contributed by atoms with E-state index in [1.807, 2.05) is 0 Å². The molecule has 0 aromatic rings. The lowest BCUT2D eigenvalue weighted by Gasteiger charge is -2.22. The van der Waals surface area contributed by atoms with Gasteiger partial charge in [0.15, 0.2) is 0 Å². The van der Waals surface area contributed by atoms with Gasteiger partial charge in [-0.15, -0.1) is 0 Å². The average Bonchev–Trinajstić information content (AvgIpc) is 2.83. The van der Waals surface area contributed by atoms with Crippen LogP contribution in [0.3, 0.4) is 0 Å². The van der Waals surface area contributed by atoms with E-state index in [1.165, 1.54) is 96.3 Å². The predicted molar refractivity (Wildman–Crippen MR) is 100 cm³/mol. The second kappa shape index (κ2) is 13.0. The highest BCUT2D eigenvalue weighted by Gasteiger charge is 2.33. The van der Waals surface area contributed by atoms with E-state index in [0.29, 0.717) is 0 Å². The summed E-state index contributed by atoms with van der Waals surface area (Å²) in [4.78, 5) is 0.828. The Morgan fingerprint density at radius 2 is 1.19 bits per heavy atom. The summed E-state index contributed by atoms with van der Waals surface area (Å²) >= 11 is 3.97. The maximum Gasteiger partial charge on any atom is 0.0176 e. The van der Waals surface area contributed by atoms with Gasteiger partial charge in [0.25, 0.3) is 0 Å². The van der Waals surface area contributed by atoms with Gasteiger partial charge < -0.3 is 0 Å². The van der Waals surface area contributed by atoms with E-state index in [0.717, 1.165) is 16.7 Å². The molecule has 0 radical (unpaired) electrons. The van der Waals surface area contributed by atoms with Gasteiger partial charge in [0.05, 0.1) is 0 Å². The molecule has 0 amide bonds. The SMILES string of the molecule is CCCCCCCC[C@H]1CCC(Br)[C@@H]1CCCCCCC. The predicted octanol–water partition coefficient (Wildman–Crippen LogP) is 7.89. The highest BCUT2D eigenvalue weighted by atomic mass is 79.9. The molecule has 1 aliphatic rings. The minimum absolute atomic E-state index is 0.828. The van der Waals surface area contributed by atoms with E-state index < -0.39 is 0 Å². The largest absolute Gasteiger partial charge is 0.0888 e. The molecule has 3 atom stereocenters. The van der Waals surface area contributed by atoms with Crippen molar-refractivity contribution in [2.75, 3.05) is 0 Å². The summed E-state index contributed by atoms with van der Waals surface area (Å²) in [5.41, 5.74) is 0. The molecule has 1 heteroatoms. The number of hydrogen-bond donors (Lipinski definition) is 0. The molecule has 0 aromatic heterocycles. The molecule has 126 valence electrons. The van der Waals surface area contributed by atoms with Crippen molar-refractivity contribution in [3.63, 3.8) is 0 Å². The lowest BCUT2D eigenvalue weighted by atomic mass is 9.86. The van der Waals surface area contributed by atoms with Crippen LogP contribution in [0.1, 0.15) is 110 Å². The summed E-state index contributed by atoms with van der Waals surface area (Å²) in [5, 5.41) is 0. The molecule has 1 rings (SSSR count). The Hall–Kier alpha value is 0.480. The number of rotatable bonds is 13. The third-order valence-corrected chi connectivity index (χ3v) is 6.59. The van der Waals surface area contributed by atoms with Crippen molar-refractivity contribution >= 4 is 15.9 Å². The Kier molecular flexibility index (Phi) is 12.1. The Morgan fingerprint density at radius 3 is 1.81 bits per heavy atom. The lowest BCUT2D eigenvalue weighted by molar-refractivity contribution is 0.327. The van der Waals surface area contributed by atoms with Gasteiger partial charge in [0.1, 0.15) is 0 Å². The molecule has 21 heavy (non-hydrogen) atoms. The molecule has 0 N–H and O–H groups in total. The van der Waals surface area contributed by atoms with Crippen LogP contribution in [-0.2, 0) is 0 Å². The van der Waals surface area contributed by atoms with Gasteiger partial charge in [-0.05, 0) is 31.1 Å². The summed E-state index contributed by atoms with van der Waals surface area (Å²) in [6, 6.07) is 0. The molecule has 0 bridgehead atoms. The molecule has 0 aromatic carbocycles. The Bertz CT molecular complexity index is 226. The van der Waals surface area contributed by atoms with Crippen molar-refractivity contribution in [1.29, 1.82) is 0 Å². The van der Waals surface area contributed by atoms with Gasteiger partial charge in [0.2, 0.25) is 0 Å². The van der Waals surface area contributed by atoms with E-state index in [9.17, 15) is 0 Å². The topological polar surface area (TPSA) is 0 Å². The molecule has 0 saturated heterocycles. The van der Waals surface area contributed by atoms with Crippen LogP contribution in [0.25, 0.3) is 0 Å². The van der Waals surface area contributed by atoms with Crippen molar-refractivity contribution in [3.05, 3.63) is 0 Å². The molecule has 1 fully saturated rings. The summed E-state index contributed by atoms with van der Waals surface area (Å²) < 4.78 is 0. The normalized spacial score (nSPS) is 25.6. The van der Waals surface area contributed by atoms with E-state index >= 15 is 0 Å². The van der Waals surface area contributed by atoms with Crippen LogP contribution in [0.4, 0.5) is 0 Å². The number of unbranched alkanes of at least 4 members (excludes halogenated alkanes) is 9. The van der Waals surface area contributed by atoms with Crippen molar-refractivity contribution in [2.24, 2.45) is 11.8 Å². The van der Waals surface area contributed by atoms with Crippen molar-refractivity contribution < 1.29 is 0 Å². The van der Waals surface area contributed by atoms with Crippen molar-refractivity contribution in [3.8, 4) is 0 Å². The van der Waals surface area contributed by atoms with Gasteiger partial charge >= 0.3 is 0 Å². The van der Waals surface area contributed by atoms with Crippen LogP contribution in [-0.4, -0.2) is 4.83 Å². The minimum Gasteiger partial charge on any atom is -0.0888 e. The van der Waals surface area contributed by atoms with E-state index in [2.05, 4.69) is 29.8 Å². The summed E-state index contributed by atoms with van der Waals surface area (Å²) in [5.74, 6) is 2.02. The number of halogens is 1. The fourth-order valence-corrected chi connectivity index (χ4v) is 5.00. The fraction of sp³-hybridized carbons (Fsp3) is 1.00. The molecule has 0 nitrogen and oxygen atoms in total. The highest BCUT2D eigenvalue weighted by molar-refractivity contribution is 9.09. The first kappa shape index (κ1) is 19.5. The Labute approximate surface area is 143 Å². The van der Waals surface area contributed by atoms with Gasteiger partial charge in [-0.25, -0.2) is 0 Å². The summed E-state index contributed by atoms with van der Waals surface area (Å²) in [7, 11) is 0. The van der Waals surface area contributed by atoms with Crippen LogP contribution < -0.4 is 0 Å². The van der Waals surface area contributed by atoms with Gasteiger partial charge in [-0.1, -0.05) is 107 Å². The van der Waals surface area contributed by atoms with Crippen molar-refractivity contribution in [1.82, 2.24) is 0 Å². The molecule has 1 saturated carbocycles. The first-order chi connectivity index (χ1) is 10.3. The highest BCUT2D eigenvalue weighted by Crippen LogP contribution is 2.42. The van der Waals surface area contributed by atoms with Crippen LogP contribution >= 0.6 is 15.9 Å². The molecule has 1 unspecified atom stereocenters. The van der Waals surface area contributed by atoms with Crippen LogP contribution in [0.5, 0.6) is 0 Å². The molecular weight excluding hydrogens is 320 g/mol. The second-order valence-electron chi connectivity index (χ2n) is 7.28. The maximum absolute atomic E-state index is 3.97. The van der Waals surface area contributed by atoms with Gasteiger partial charge in [-0.3, -0.25) is 0 Å². The van der Waals surface area contributed by atoms with Crippen LogP contribution in [0.15, 0.2) is 0 Å². The molecule has 0 aliphatic heterocycles. The average molecular weight is 359 g/mol. The smallest absolute Gasteiger partial charge is 0.0176 e. The van der Waals surface area contributed by atoms with E-state index in [-0.39, 0.29) is 0 Å². The molecular formula is C20H39Br. The Morgan fingerprint density at radius 1 is 0.667 bits per heavy atom. The van der Waals surface area contributed by atoms with Crippen LogP contribution in [0.2, 0.25) is 0 Å². The third-order valence-electron chi connectivity index (χ3n) is 5.45. The Balaban J connectivity index is 2.10. The first-order valence-corrected chi connectivity index (χ1v) is 10.8. The van der Waals surface area contributed by atoms with Gasteiger partial charge in [0, 0.05) is 4.83 Å². The second-order valence-corrected chi connectivity index (χ2v) is 8.45. The maximum atomic E-state index is 3.97. The van der Waals surface area contributed by atoms with Crippen LogP contribution in [0, 0.1) is 11.8 Å². The van der Waals surface area contributed by atoms with E-state index in [1.54, 1.807) is 0 Å². The minimum atomic E-state index is 0.828. The third kappa shape index (κ3) is 8.62. The summed E-state index contributed by atoms with van der Waals surface area (Å²) in [6.07, 6.45) is 21.8. The number of alkyl halides is 1. The quantitative estimate of drug-likeness (QED) is 0.232. The first-order valence-electron chi connectivity index (χ1n) is 9.93. The molecule has 0 spiro atoms. The number of hydrogen-bond acceptors (Lipinski definition) is 0.